The van der Waals surface area contributed by atoms with Crippen LogP contribution in [-0.4, -0.2) is 57.6 Å². The Hall–Kier alpha value is -2.53. The number of piperazine rings is 1. The van der Waals surface area contributed by atoms with Crippen LogP contribution < -0.4 is 15.1 Å². The second-order valence-electron chi connectivity index (χ2n) is 8.26. The van der Waals surface area contributed by atoms with Crippen LogP contribution in [0.4, 0.5) is 11.4 Å². The molecule has 0 aliphatic carbocycles. The van der Waals surface area contributed by atoms with Gasteiger partial charge in [0, 0.05) is 64.1 Å². The first kappa shape index (κ1) is 21.2. The van der Waals surface area contributed by atoms with Gasteiger partial charge in [0.1, 0.15) is 0 Å². The maximum absolute atomic E-state index is 12.2. The molecule has 156 valence electrons. The highest BCUT2D eigenvalue weighted by Crippen LogP contribution is 2.25. The van der Waals surface area contributed by atoms with Crippen molar-refractivity contribution in [2.24, 2.45) is 5.92 Å². The molecule has 1 saturated heterocycles. The number of para-hydroxylation sites is 1. The minimum Gasteiger partial charge on any atom is -0.378 e. The van der Waals surface area contributed by atoms with E-state index in [0.29, 0.717) is 6.54 Å². The molecule has 2 aromatic carbocycles. The van der Waals surface area contributed by atoms with E-state index in [0.717, 1.165) is 26.2 Å². The van der Waals surface area contributed by atoms with Crippen molar-refractivity contribution >= 4 is 17.3 Å². The quantitative estimate of drug-likeness (QED) is 0.781. The first-order valence-corrected chi connectivity index (χ1v) is 10.5. The van der Waals surface area contributed by atoms with Gasteiger partial charge >= 0.3 is 0 Å². The molecule has 1 N–H and O–H groups in total. The van der Waals surface area contributed by atoms with Gasteiger partial charge in [0.25, 0.3) is 0 Å². The number of hydrogen-bond acceptors (Lipinski definition) is 4. The predicted molar refractivity (Wildman–Crippen MR) is 122 cm³/mol. The van der Waals surface area contributed by atoms with Crippen LogP contribution in [0.3, 0.4) is 0 Å². The van der Waals surface area contributed by atoms with Crippen LogP contribution in [0.1, 0.15) is 25.5 Å². The number of amides is 1. The number of nitrogens with one attached hydrogen (secondary N) is 1. The summed E-state index contributed by atoms with van der Waals surface area (Å²) in [5, 5.41) is 3.15. The van der Waals surface area contributed by atoms with Gasteiger partial charge in [0.05, 0.1) is 6.04 Å². The van der Waals surface area contributed by atoms with E-state index in [1.165, 1.54) is 16.9 Å². The van der Waals surface area contributed by atoms with Crippen molar-refractivity contribution in [3.8, 4) is 0 Å². The molecule has 0 saturated carbocycles. The monoisotopic (exact) mass is 394 g/mol. The van der Waals surface area contributed by atoms with Crippen LogP contribution in [0.25, 0.3) is 0 Å². The summed E-state index contributed by atoms with van der Waals surface area (Å²) in [6.07, 6.45) is 0. The van der Waals surface area contributed by atoms with Gasteiger partial charge in [-0.25, -0.2) is 0 Å². The van der Waals surface area contributed by atoms with Gasteiger partial charge in [-0.3, -0.25) is 9.69 Å². The second-order valence-corrected chi connectivity index (χ2v) is 8.26. The molecule has 1 heterocycles. The average molecular weight is 395 g/mol. The molecule has 1 aliphatic heterocycles. The SMILES string of the molecule is CC(C)C(=O)NC[C@@H](c1ccc(N(C)C)cc1)N1CCN(c2ccccc2)CC1. The molecule has 1 aliphatic rings. The molecular formula is C24H34N4O. The smallest absolute Gasteiger partial charge is 0.222 e. The van der Waals surface area contributed by atoms with E-state index in [4.69, 9.17) is 0 Å². The minimum atomic E-state index is 0.00157. The van der Waals surface area contributed by atoms with E-state index in [9.17, 15) is 4.79 Å². The van der Waals surface area contributed by atoms with Crippen molar-refractivity contribution in [1.82, 2.24) is 10.2 Å². The summed E-state index contributed by atoms with van der Waals surface area (Å²) in [7, 11) is 4.11. The van der Waals surface area contributed by atoms with Crippen molar-refractivity contribution in [2.75, 3.05) is 56.6 Å². The Morgan fingerprint density at radius 2 is 1.59 bits per heavy atom. The molecule has 5 nitrogen and oxygen atoms in total. The summed E-state index contributed by atoms with van der Waals surface area (Å²) in [5.41, 5.74) is 3.73. The molecule has 1 atom stereocenters. The number of hydrogen-bond donors (Lipinski definition) is 1. The largest absolute Gasteiger partial charge is 0.378 e. The lowest BCUT2D eigenvalue weighted by Crippen LogP contribution is -2.50. The maximum atomic E-state index is 12.2. The fourth-order valence-electron chi connectivity index (χ4n) is 3.78. The van der Waals surface area contributed by atoms with Gasteiger partial charge in [-0.2, -0.15) is 0 Å². The molecule has 0 spiro atoms. The third-order valence-electron chi connectivity index (χ3n) is 5.66. The number of benzene rings is 2. The Balaban J connectivity index is 1.71. The fourth-order valence-corrected chi connectivity index (χ4v) is 3.78. The van der Waals surface area contributed by atoms with Crippen molar-refractivity contribution in [2.45, 2.75) is 19.9 Å². The molecule has 0 aromatic heterocycles. The Morgan fingerprint density at radius 1 is 0.966 bits per heavy atom. The lowest BCUT2D eigenvalue weighted by Gasteiger charge is -2.40. The highest BCUT2D eigenvalue weighted by atomic mass is 16.1. The lowest BCUT2D eigenvalue weighted by molar-refractivity contribution is -0.124. The fraction of sp³-hybridized carbons (Fsp3) is 0.458. The predicted octanol–water partition coefficient (Wildman–Crippen LogP) is 3.39. The van der Waals surface area contributed by atoms with E-state index in [1.807, 2.05) is 13.8 Å². The normalized spacial score (nSPS) is 16.0. The van der Waals surface area contributed by atoms with Gasteiger partial charge in [-0.1, -0.05) is 44.2 Å². The molecule has 1 fully saturated rings. The Morgan fingerprint density at radius 3 is 2.14 bits per heavy atom. The van der Waals surface area contributed by atoms with Crippen LogP contribution in [0, 0.1) is 5.92 Å². The van der Waals surface area contributed by atoms with Crippen molar-refractivity contribution in [3.05, 3.63) is 60.2 Å². The Bertz CT molecular complexity index is 765. The van der Waals surface area contributed by atoms with Crippen molar-refractivity contribution < 1.29 is 4.79 Å². The van der Waals surface area contributed by atoms with E-state index in [-0.39, 0.29) is 17.9 Å². The van der Waals surface area contributed by atoms with Gasteiger partial charge in [-0.15, -0.1) is 0 Å². The molecule has 0 radical (unpaired) electrons. The summed E-state index contributed by atoms with van der Waals surface area (Å²) in [4.78, 5) is 19.3. The van der Waals surface area contributed by atoms with Crippen LogP contribution in [0.5, 0.6) is 0 Å². The summed E-state index contributed by atoms with van der Waals surface area (Å²) in [5.74, 6) is 0.115. The third-order valence-corrected chi connectivity index (χ3v) is 5.66. The van der Waals surface area contributed by atoms with Gasteiger partial charge < -0.3 is 15.1 Å². The molecule has 3 rings (SSSR count). The van der Waals surface area contributed by atoms with E-state index < -0.39 is 0 Å². The zero-order chi connectivity index (χ0) is 20.8. The van der Waals surface area contributed by atoms with Crippen LogP contribution in [-0.2, 0) is 4.79 Å². The zero-order valence-corrected chi connectivity index (χ0v) is 18.1. The average Bonchev–Trinajstić information content (AvgIpc) is 2.75. The van der Waals surface area contributed by atoms with Gasteiger partial charge in [0.2, 0.25) is 5.91 Å². The summed E-state index contributed by atoms with van der Waals surface area (Å²) >= 11 is 0. The summed E-state index contributed by atoms with van der Waals surface area (Å²) in [6.45, 7) is 8.47. The van der Waals surface area contributed by atoms with Gasteiger partial charge in [0.15, 0.2) is 0 Å². The van der Waals surface area contributed by atoms with Crippen LogP contribution in [0.2, 0.25) is 0 Å². The first-order valence-electron chi connectivity index (χ1n) is 10.5. The molecule has 1 amide bonds. The van der Waals surface area contributed by atoms with Crippen LogP contribution in [0.15, 0.2) is 54.6 Å². The molecule has 5 heteroatoms. The molecule has 29 heavy (non-hydrogen) atoms. The number of carbonyl (C=O) groups excluding carboxylic acids is 1. The molecular weight excluding hydrogens is 360 g/mol. The highest BCUT2D eigenvalue weighted by Gasteiger charge is 2.26. The topological polar surface area (TPSA) is 38.8 Å². The lowest BCUT2D eigenvalue weighted by atomic mass is 10.0. The number of carbonyl (C=O) groups is 1. The summed E-state index contributed by atoms with van der Waals surface area (Å²) in [6, 6.07) is 19.5. The number of rotatable bonds is 7. The highest BCUT2D eigenvalue weighted by molar-refractivity contribution is 5.77. The van der Waals surface area contributed by atoms with Crippen molar-refractivity contribution in [3.63, 3.8) is 0 Å². The Labute approximate surface area is 175 Å². The van der Waals surface area contributed by atoms with E-state index in [2.05, 4.69) is 88.7 Å². The second kappa shape index (κ2) is 9.79. The van der Waals surface area contributed by atoms with E-state index in [1.54, 1.807) is 0 Å². The maximum Gasteiger partial charge on any atom is 0.222 e. The number of anilines is 2. The third kappa shape index (κ3) is 5.51. The van der Waals surface area contributed by atoms with Crippen LogP contribution >= 0.6 is 0 Å². The minimum absolute atomic E-state index is 0.00157. The number of nitrogens with zero attached hydrogens (tertiary/aromatic N) is 3. The summed E-state index contributed by atoms with van der Waals surface area (Å²) < 4.78 is 0. The Kier molecular flexibility index (Phi) is 7.15. The zero-order valence-electron chi connectivity index (χ0n) is 18.1. The molecule has 2 aromatic rings. The molecule has 0 bridgehead atoms. The van der Waals surface area contributed by atoms with Gasteiger partial charge in [-0.05, 0) is 29.8 Å². The van der Waals surface area contributed by atoms with Crippen molar-refractivity contribution in [1.29, 1.82) is 0 Å². The molecule has 0 unspecified atom stereocenters. The standard InChI is InChI=1S/C24H34N4O/c1-19(2)24(29)25-18-23(20-10-12-21(13-11-20)26(3)4)28-16-14-27(15-17-28)22-8-6-5-7-9-22/h5-13,19,23H,14-18H2,1-4H3,(H,25,29)/t23-/m0/s1. The first-order chi connectivity index (χ1) is 14.0. The van der Waals surface area contributed by atoms with E-state index >= 15 is 0 Å².